The summed E-state index contributed by atoms with van der Waals surface area (Å²) in [6.45, 7) is 5.09. The van der Waals surface area contributed by atoms with Crippen LogP contribution in [0.25, 0.3) is 0 Å². The molecule has 3 aliphatic rings. The van der Waals surface area contributed by atoms with Crippen molar-refractivity contribution in [3.05, 3.63) is 77.5 Å². The SMILES string of the molecule is C=C1CCC(N2Cc3cc(O[C@H]4CC[C@@H]4NCc4ccccc4)ccc3C2=O)C(=O)N1. The lowest BCUT2D eigenvalue weighted by Gasteiger charge is -2.37. The molecule has 1 saturated heterocycles. The molecule has 2 amide bonds. The molecule has 3 atom stereocenters. The summed E-state index contributed by atoms with van der Waals surface area (Å²) in [5.41, 5.74) is 3.57. The predicted molar refractivity (Wildman–Crippen MR) is 117 cm³/mol. The van der Waals surface area contributed by atoms with E-state index in [-0.39, 0.29) is 17.9 Å². The molecule has 0 radical (unpaired) electrons. The molecule has 2 aromatic carbocycles. The molecule has 2 fully saturated rings. The van der Waals surface area contributed by atoms with Crippen molar-refractivity contribution in [3.63, 3.8) is 0 Å². The summed E-state index contributed by atoms with van der Waals surface area (Å²) in [5.74, 6) is 0.557. The molecule has 6 heteroatoms. The monoisotopic (exact) mass is 417 g/mol. The number of nitrogens with one attached hydrogen (secondary N) is 2. The third-order valence-electron chi connectivity index (χ3n) is 6.52. The van der Waals surface area contributed by atoms with Crippen molar-refractivity contribution < 1.29 is 14.3 Å². The maximum Gasteiger partial charge on any atom is 0.255 e. The average Bonchev–Trinajstić information content (AvgIpc) is 3.08. The van der Waals surface area contributed by atoms with Gasteiger partial charge in [0.25, 0.3) is 5.91 Å². The Bertz CT molecular complexity index is 1020. The number of piperidine rings is 1. The van der Waals surface area contributed by atoms with Gasteiger partial charge >= 0.3 is 0 Å². The molecule has 1 aliphatic carbocycles. The zero-order valence-electron chi connectivity index (χ0n) is 17.5. The van der Waals surface area contributed by atoms with E-state index in [4.69, 9.17) is 4.74 Å². The molecule has 0 spiro atoms. The third kappa shape index (κ3) is 3.95. The van der Waals surface area contributed by atoms with E-state index in [1.807, 2.05) is 36.4 Å². The van der Waals surface area contributed by atoms with Crippen molar-refractivity contribution in [2.45, 2.75) is 57.0 Å². The van der Waals surface area contributed by atoms with E-state index in [9.17, 15) is 9.59 Å². The fourth-order valence-corrected chi connectivity index (χ4v) is 4.57. The first-order valence-corrected chi connectivity index (χ1v) is 10.9. The Balaban J connectivity index is 1.21. The van der Waals surface area contributed by atoms with Gasteiger partial charge in [0.05, 0.1) is 0 Å². The van der Waals surface area contributed by atoms with Gasteiger partial charge in [-0.05, 0) is 55.0 Å². The van der Waals surface area contributed by atoms with Crippen LogP contribution in [0.5, 0.6) is 5.75 Å². The highest BCUT2D eigenvalue weighted by molar-refractivity contribution is 6.01. The zero-order chi connectivity index (χ0) is 21.4. The van der Waals surface area contributed by atoms with Gasteiger partial charge < -0.3 is 20.3 Å². The average molecular weight is 418 g/mol. The predicted octanol–water partition coefficient (Wildman–Crippen LogP) is 3.13. The van der Waals surface area contributed by atoms with Crippen molar-refractivity contribution in [3.8, 4) is 5.75 Å². The molecule has 5 rings (SSSR count). The summed E-state index contributed by atoms with van der Waals surface area (Å²) in [6.07, 6.45) is 3.55. The van der Waals surface area contributed by atoms with E-state index in [2.05, 4.69) is 29.3 Å². The first kappa shape index (κ1) is 19.8. The fraction of sp³-hybridized carbons (Fsp3) is 0.360. The molecule has 2 heterocycles. The highest BCUT2D eigenvalue weighted by atomic mass is 16.5. The van der Waals surface area contributed by atoms with Crippen LogP contribution in [0.2, 0.25) is 0 Å². The lowest BCUT2D eigenvalue weighted by molar-refractivity contribution is -0.126. The van der Waals surface area contributed by atoms with Gasteiger partial charge in [-0.15, -0.1) is 0 Å². The van der Waals surface area contributed by atoms with Gasteiger partial charge in [-0.1, -0.05) is 36.9 Å². The lowest BCUT2D eigenvalue weighted by atomic mass is 9.88. The number of amides is 2. The number of benzene rings is 2. The minimum absolute atomic E-state index is 0.0831. The summed E-state index contributed by atoms with van der Waals surface area (Å²) < 4.78 is 6.24. The van der Waals surface area contributed by atoms with Gasteiger partial charge in [-0.25, -0.2) is 0 Å². The molecule has 1 saturated carbocycles. The Hall–Kier alpha value is -3.12. The lowest BCUT2D eigenvalue weighted by Crippen LogP contribution is -2.50. The van der Waals surface area contributed by atoms with E-state index in [1.54, 1.807) is 4.90 Å². The highest BCUT2D eigenvalue weighted by Crippen LogP contribution is 2.33. The Morgan fingerprint density at radius 1 is 1.10 bits per heavy atom. The number of nitrogens with zero attached hydrogens (tertiary/aromatic N) is 1. The first-order valence-electron chi connectivity index (χ1n) is 10.9. The molecule has 1 unspecified atom stereocenters. The number of hydrogen-bond acceptors (Lipinski definition) is 4. The van der Waals surface area contributed by atoms with Crippen LogP contribution in [0.1, 0.15) is 47.2 Å². The molecule has 6 nitrogen and oxygen atoms in total. The second kappa shape index (κ2) is 8.19. The van der Waals surface area contributed by atoms with Crippen molar-refractivity contribution >= 4 is 11.8 Å². The second-order valence-corrected chi connectivity index (χ2v) is 8.61. The molecule has 2 aromatic rings. The van der Waals surface area contributed by atoms with Crippen LogP contribution < -0.4 is 15.4 Å². The number of rotatable bonds is 6. The third-order valence-corrected chi connectivity index (χ3v) is 6.52. The van der Waals surface area contributed by atoms with E-state index in [0.717, 1.165) is 36.4 Å². The van der Waals surface area contributed by atoms with Crippen molar-refractivity contribution in [1.82, 2.24) is 15.5 Å². The zero-order valence-corrected chi connectivity index (χ0v) is 17.5. The molecular formula is C25H27N3O3. The van der Waals surface area contributed by atoms with Gasteiger partial charge in [0.2, 0.25) is 5.91 Å². The van der Waals surface area contributed by atoms with Crippen LogP contribution in [0.15, 0.2) is 60.8 Å². The summed E-state index contributed by atoms with van der Waals surface area (Å²) in [6, 6.07) is 15.9. The Morgan fingerprint density at radius 2 is 1.94 bits per heavy atom. The minimum atomic E-state index is -0.437. The molecule has 0 bridgehead atoms. The van der Waals surface area contributed by atoms with Crippen LogP contribution in [0, 0.1) is 0 Å². The van der Waals surface area contributed by atoms with Crippen LogP contribution in [-0.4, -0.2) is 34.9 Å². The number of allylic oxidation sites excluding steroid dienone is 1. The Kier molecular flexibility index (Phi) is 5.24. The summed E-state index contributed by atoms with van der Waals surface area (Å²) >= 11 is 0. The molecule has 31 heavy (non-hydrogen) atoms. The number of carbonyl (C=O) groups is 2. The normalized spacial score (nSPS) is 25.1. The van der Waals surface area contributed by atoms with E-state index in [0.29, 0.717) is 31.0 Å². The topological polar surface area (TPSA) is 70.7 Å². The highest BCUT2D eigenvalue weighted by Gasteiger charge is 2.38. The van der Waals surface area contributed by atoms with Crippen molar-refractivity contribution in [2.24, 2.45) is 0 Å². The standard InChI is InChI=1S/C25H27N3O3/c1-16-7-11-22(24(29)27-16)28-15-18-13-19(8-9-20(18)25(28)30)31-23-12-10-21(23)26-14-17-5-3-2-4-6-17/h2-6,8-9,13,21-23,26H,1,7,10-12,14-15H2,(H,27,29)/t21-,22?,23-/m0/s1. The number of carbonyl (C=O) groups excluding carboxylic acids is 2. The molecule has 2 N–H and O–H groups in total. The van der Waals surface area contributed by atoms with Gasteiger partial charge in [-0.3, -0.25) is 9.59 Å². The number of fused-ring (bicyclic) bond motifs is 1. The van der Waals surface area contributed by atoms with Crippen LogP contribution >= 0.6 is 0 Å². The van der Waals surface area contributed by atoms with Crippen molar-refractivity contribution in [2.75, 3.05) is 0 Å². The molecular weight excluding hydrogens is 390 g/mol. The van der Waals surface area contributed by atoms with Gasteiger partial charge in [0.15, 0.2) is 0 Å². The molecule has 160 valence electrons. The first-order chi connectivity index (χ1) is 15.1. The number of hydrogen-bond donors (Lipinski definition) is 2. The largest absolute Gasteiger partial charge is 0.489 e. The summed E-state index contributed by atoms with van der Waals surface area (Å²) in [5, 5.41) is 6.36. The Morgan fingerprint density at radius 3 is 2.68 bits per heavy atom. The fourth-order valence-electron chi connectivity index (χ4n) is 4.57. The van der Waals surface area contributed by atoms with Gasteiger partial charge in [0, 0.05) is 30.4 Å². The van der Waals surface area contributed by atoms with E-state index < -0.39 is 6.04 Å². The van der Waals surface area contributed by atoms with Gasteiger partial charge in [0.1, 0.15) is 17.9 Å². The summed E-state index contributed by atoms with van der Waals surface area (Å²) in [4.78, 5) is 26.9. The smallest absolute Gasteiger partial charge is 0.255 e. The van der Waals surface area contributed by atoms with Crippen LogP contribution in [0.3, 0.4) is 0 Å². The maximum absolute atomic E-state index is 12.9. The quantitative estimate of drug-likeness (QED) is 0.758. The van der Waals surface area contributed by atoms with E-state index in [1.165, 1.54) is 5.56 Å². The van der Waals surface area contributed by atoms with Crippen molar-refractivity contribution in [1.29, 1.82) is 0 Å². The number of ether oxygens (including phenoxy) is 1. The molecule has 0 aromatic heterocycles. The van der Waals surface area contributed by atoms with Gasteiger partial charge in [-0.2, -0.15) is 0 Å². The minimum Gasteiger partial charge on any atom is -0.489 e. The maximum atomic E-state index is 12.9. The molecule has 2 aliphatic heterocycles. The van der Waals surface area contributed by atoms with Crippen LogP contribution in [-0.2, 0) is 17.9 Å². The van der Waals surface area contributed by atoms with E-state index >= 15 is 0 Å². The Labute approximate surface area is 182 Å². The summed E-state index contributed by atoms with van der Waals surface area (Å²) in [7, 11) is 0. The second-order valence-electron chi connectivity index (χ2n) is 8.61. The van der Waals surface area contributed by atoms with Crippen LogP contribution in [0.4, 0.5) is 0 Å².